The average Bonchev–Trinajstić information content (AvgIpc) is 2.61. The Morgan fingerprint density at radius 2 is 2.19 bits per heavy atom. The highest BCUT2D eigenvalue weighted by Gasteiger charge is 2.20. The van der Waals surface area contributed by atoms with E-state index in [2.05, 4.69) is 11.1 Å². The van der Waals surface area contributed by atoms with Gasteiger partial charge in [0.1, 0.15) is 0 Å². The molecule has 1 aromatic carbocycles. The number of nitriles is 1. The number of aromatic amines is 1. The maximum Gasteiger partial charge on any atom is 0.0860 e. The van der Waals surface area contributed by atoms with Crippen molar-refractivity contribution in [2.75, 3.05) is 0 Å². The van der Waals surface area contributed by atoms with Crippen LogP contribution in [0.1, 0.15) is 25.0 Å². The van der Waals surface area contributed by atoms with Crippen LogP contribution in [0.3, 0.4) is 0 Å². The number of hydrogen-bond donors (Lipinski definition) is 2. The second-order valence-corrected chi connectivity index (χ2v) is 4.44. The smallest absolute Gasteiger partial charge is 0.0860 e. The molecule has 16 heavy (non-hydrogen) atoms. The molecule has 2 aromatic rings. The predicted octanol–water partition coefficient (Wildman–Crippen LogP) is 2.46. The van der Waals surface area contributed by atoms with Crippen molar-refractivity contribution in [2.24, 2.45) is 0 Å². The third-order valence-electron chi connectivity index (χ3n) is 2.73. The zero-order chi connectivity index (χ0) is 11.8. The van der Waals surface area contributed by atoms with Crippen molar-refractivity contribution in [2.45, 2.75) is 25.9 Å². The SMILES string of the molecule is CC(C)(O)c1cccc2c(CC#N)c[nH]c12. The first kappa shape index (κ1) is 10.7. The van der Waals surface area contributed by atoms with E-state index in [9.17, 15) is 5.11 Å². The first-order chi connectivity index (χ1) is 7.54. The Morgan fingerprint density at radius 1 is 1.44 bits per heavy atom. The minimum Gasteiger partial charge on any atom is -0.386 e. The zero-order valence-electron chi connectivity index (χ0n) is 9.41. The van der Waals surface area contributed by atoms with Crippen LogP contribution >= 0.6 is 0 Å². The van der Waals surface area contributed by atoms with E-state index >= 15 is 0 Å². The molecular formula is C13H14N2O. The number of aromatic nitrogens is 1. The lowest BCUT2D eigenvalue weighted by Crippen LogP contribution is -2.15. The van der Waals surface area contributed by atoms with Crippen LogP contribution in [0.2, 0.25) is 0 Å². The van der Waals surface area contributed by atoms with E-state index in [1.165, 1.54) is 0 Å². The number of aliphatic hydroxyl groups is 1. The van der Waals surface area contributed by atoms with Gasteiger partial charge in [0.25, 0.3) is 0 Å². The van der Waals surface area contributed by atoms with Gasteiger partial charge in [0.15, 0.2) is 0 Å². The van der Waals surface area contributed by atoms with Gasteiger partial charge in [-0.05, 0) is 19.4 Å². The zero-order valence-corrected chi connectivity index (χ0v) is 9.41. The van der Waals surface area contributed by atoms with Crippen molar-refractivity contribution >= 4 is 10.9 Å². The fourth-order valence-corrected chi connectivity index (χ4v) is 1.95. The summed E-state index contributed by atoms with van der Waals surface area (Å²) in [5.74, 6) is 0. The van der Waals surface area contributed by atoms with E-state index in [1.807, 2.05) is 24.4 Å². The molecule has 0 saturated heterocycles. The Morgan fingerprint density at radius 3 is 2.81 bits per heavy atom. The van der Waals surface area contributed by atoms with E-state index in [4.69, 9.17) is 5.26 Å². The molecule has 0 spiro atoms. The normalized spacial score (nSPS) is 11.6. The number of nitrogens with zero attached hydrogens (tertiary/aromatic N) is 1. The summed E-state index contributed by atoms with van der Waals surface area (Å²) in [5, 5.41) is 19.8. The van der Waals surface area contributed by atoms with Crippen LogP contribution in [0.5, 0.6) is 0 Å². The first-order valence-corrected chi connectivity index (χ1v) is 5.23. The lowest BCUT2D eigenvalue weighted by atomic mass is 9.95. The summed E-state index contributed by atoms with van der Waals surface area (Å²) in [6.45, 7) is 3.51. The fraction of sp³-hybridized carbons (Fsp3) is 0.308. The Balaban J connectivity index is 2.68. The molecule has 2 N–H and O–H groups in total. The Labute approximate surface area is 94.3 Å². The molecule has 0 unspecified atom stereocenters. The molecule has 0 atom stereocenters. The summed E-state index contributed by atoms with van der Waals surface area (Å²) in [5.41, 5.74) is 1.87. The van der Waals surface area contributed by atoms with Crippen LogP contribution in [-0.4, -0.2) is 10.1 Å². The Bertz CT molecular complexity index is 555. The molecule has 0 aliphatic heterocycles. The molecule has 0 bridgehead atoms. The molecule has 2 rings (SSSR count). The molecule has 1 aromatic heterocycles. The Hall–Kier alpha value is -1.79. The maximum atomic E-state index is 10.0. The minimum absolute atomic E-state index is 0.384. The topological polar surface area (TPSA) is 59.8 Å². The van der Waals surface area contributed by atoms with Crippen LogP contribution in [0.15, 0.2) is 24.4 Å². The van der Waals surface area contributed by atoms with Crippen LogP contribution in [0, 0.1) is 11.3 Å². The molecule has 1 heterocycles. The Kier molecular flexibility index (Phi) is 2.45. The highest BCUT2D eigenvalue weighted by molar-refractivity contribution is 5.86. The molecule has 0 aliphatic carbocycles. The summed E-state index contributed by atoms with van der Waals surface area (Å²) in [7, 11) is 0. The number of H-pyrrole nitrogens is 1. The van der Waals surface area contributed by atoms with Gasteiger partial charge in [-0.1, -0.05) is 18.2 Å². The molecular weight excluding hydrogens is 200 g/mol. The van der Waals surface area contributed by atoms with Crippen molar-refractivity contribution in [1.82, 2.24) is 4.98 Å². The summed E-state index contributed by atoms with van der Waals surface area (Å²) in [6.07, 6.45) is 2.22. The van der Waals surface area contributed by atoms with Gasteiger partial charge in [0.05, 0.1) is 23.6 Å². The fourth-order valence-electron chi connectivity index (χ4n) is 1.95. The summed E-state index contributed by atoms with van der Waals surface area (Å²) in [6, 6.07) is 7.91. The molecule has 0 fully saturated rings. The minimum atomic E-state index is -0.881. The highest BCUT2D eigenvalue weighted by atomic mass is 16.3. The van der Waals surface area contributed by atoms with E-state index < -0.39 is 5.60 Å². The lowest BCUT2D eigenvalue weighted by molar-refractivity contribution is 0.0800. The van der Waals surface area contributed by atoms with Crippen LogP contribution in [0.4, 0.5) is 0 Å². The lowest BCUT2D eigenvalue weighted by Gasteiger charge is -2.18. The van der Waals surface area contributed by atoms with Gasteiger partial charge in [-0.25, -0.2) is 0 Å². The van der Waals surface area contributed by atoms with E-state index in [-0.39, 0.29) is 0 Å². The number of fused-ring (bicyclic) bond motifs is 1. The van der Waals surface area contributed by atoms with E-state index in [0.717, 1.165) is 22.0 Å². The van der Waals surface area contributed by atoms with Gasteiger partial charge < -0.3 is 10.1 Å². The molecule has 3 heteroatoms. The summed E-state index contributed by atoms with van der Waals surface area (Å²) >= 11 is 0. The van der Waals surface area contributed by atoms with Gasteiger partial charge in [-0.2, -0.15) is 5.26 Å². The van der Waals surface area contributed by atoms with Gasteiger partial charge in [-0.15, -0.1) is 0 Å². The molecule has 82 valence electrons. The number of hydrogen-bond acceptors (Lipinski definition) is 2. The van der Waals surface area contributed by atoms with Crippen molar-refractivity contribution in [3.05, 3.63) is 35.5 Å². The second-order valence-electron chi connectivity index (χ2n) is 4.44. The maximum absolute atomic E-state index is 10.0. The molecule has 0 amide bonds. The van der Waals surface area contributed by atoms with E-state index in [1.54, 1.807) is 13.8 Å². The third-order valence-corrected chi connectivity index (χ3v) is 2.73. The van der Waals surface area contributed by atoms with E-state index in [0.29, 0.717) is 6.42 Å². The highest BCUT2D eigenvalue weighted by Crippen LogP contribution is 2.29. The van der Waals surface area contributed by atoms with Crippen molar-refractivity contribution in [3.8, 4) is 6.07 Å². The first-order valence-electron chi connectivity index (χ1n) is 5.23. The number of rotatable bonds is 2. The standard InChI is InChI=1S/C13H14N2O/c1-13(2,16)11-5-3-4-10-9(6-7-14)8-15-12(10)11/h3-5,8,15-16H,6H2,1-2H3. The average molecular weight is 214 g/mol. The van der Waals surface area contributed by atoms with Gasteiger partial charge in [0, 0.05) is 17.1 Å². The second kappa shape index (κ2) is 3.66. The summed E-state index contributed by atoms with van der Waals surface area (Å²) in [4.78, 5) is 3.14. The quantitative estimate of drug-likeness (QED) is 0.806. The monoisotopic (exact) mass is 214 g/mol. The van der Waals surface area contributed by atoms with Crippen LogP contribution in [-0.2, 0) is 12.0 Å². The third kappa shape index (κ3) is 1.68. The molecule has 0 saturated carbocycles. The summed E-state index contributed by atoms with van der Waals surface area (Å²) < 4.78 is 0. The van der Waals surface area contributed by atoms with Crippen molar-refractivity contribution in [1.29, 1.82) is 5.26 Å². The van der Waals surface area contributed by atoms with Crippen molar-refractivity contribution in [3.63, 3.8) is 0 Å². The molecule has 3 nitrogen and oxygen atoms in total. The number of benzene rings is 1. The largest absolute Gasteiger partial charge is 0.386 e. The molecule has 0 radical (unpaired) electrons. The predicted molar refractivity (Wildman–Crippen MR) is 62.9 cm³/mol. The van der Waals surface area contributed by atoms with Crippen molar-refractivity contribution < 1.29 is 5.11 Å². The number of para-hydroxylation sites is 1. The van der Waals surface area contributed by atoms with Gasteiger partial charge in [0.2, 0.25) is 0 Å². The van der Waals surface area contributed by atoms with Gasteiger partial charge in [-0.3, -0.25) is 0 Å². The van der Waals surface area contributed by atoms with Gasteiger partial charge >= 0.3 is 0 Å². The van der Waals surface area contributed by atoms with Crippen LogP contribution in [0.25, 0.3) is 10.9 Å². The molecule has 0 aliphatic rings. The van der Waals surface area contributed by atoms with Crippen LogP contribution < -0.4 is 0 Å². The number of nitrogens with one attached hydrogen (secondary N) is 1.